The van der Waals surface area contributed by atoms with Gasteiger partial charge in [-0.3, -0.25) is 0 Å². The highest BCUT2D eigenvalue weighted by Gasteiger charge is 2.27. The fourth-order valence-corrected chi connectivity index (χ4v) is 4.36. The summed E-state index contributed by atoms with van der Waals surface area (Å²) < 4.78 is 13.4. The zero-order valence-corrected chi connectivity index (χ0v) is 21.2. The van der Waals surface area contributed by atoms with E-state index >= 15 is 0 Å². The van der Waals surface area contributed by atoms with Gasteiger partial charge in [0.05, 0.1) is 12.3 Å². The van der Waals surface area contributed by atoms with E-state index in [1.807, 2.05) is 50.7 Å². The van der Waals surface area contributed by atoms with Gasteiger partial charge in [-0.25, -0.2) is 14.8 Å². The number of rotatable bonds is 5. The minimum Gasteiger partial charge on any atom is -0.444 e. The Kier molecular flexibility index (Phi) is 7.08. The summed E-state index contributed by atoms with van der Waals surface area (Å²) in [6.07, 6.45) is 3.53. The maximum absolute atomic E-state index is 12.2. The molecule has 8 nitrogen and oxygen atoms in total. The highest BCUT2D eigenvalue weighted by Crippen LogP contribution is 2.29. The van der Waals surface area contributed by atoms with Crippen LogP contribution in [0, 0.1) is 24.2 Å². The first-order valence-corrected chi connectivity index (χ1v) is 12.0. The van der Waals surface area contributed by atoms with Crippen LogP contribution in [0.5, 0.6) is 0 Å². The molecule has 1 amide bonds. The van der Waals surface area contributed by atoms with Gasteiger partial charge in [0.1, 0.15) is 17.3 Å². The summed E-state index contributed by atoms with van der Waals surface area (Å²) in [4.78, 5) is 22.9. The van der Waals surface area contributed by atoms with E-state index in [4.69, 9.17) is 9.47 Å². The van der Waals surface area contributed by atoms with Crippen molar-refractivity contribution >= 4 is 17.1 Å². The fourth-order valence-electron chi connectivity index (χ4n) is 4.36. The van der Waals surface area contributed by atoms with E-state index < -0.39 is 5.60 Å². The number of likely N-dealkylation sites (tertiary alicyclic amines) is 1. The Balaban J connectivity index is 1.35. The monoisotopic (exact) mass is 475 g/mol. The van der Waals surface area contributed by atoms with E-state index in [-0.39, 0.29) is 11.9 Å². The van der Waals surface area contributed by atoms with Gasteiger partial charge in [0, 0.05) is 43.9 Å². The lowest BCUT2D eigenvalue weighted by molar-refractivity contribution is 0.0105. The van der Waals surface area contributed by atoms with Crippen molar-refractivity contribution in [1.82, 2.24) is 19.4 Å². The summed E-state index contributed by atoms with van der Waals surface area (Å²) in [7, 11) is 1.91. The molecule has 0 N–H and O–H groups in total. The number of amides is 1. The Morgan fingerprint density at radius 3 is 2.60 bits per heavy atom. The molecule has 0 radical (unpaired) electrons. The Morgan fingerprint density at radius 2 is 1.94 bits per heavy atom. The van der Waals surface area contributed by atoms with Gasteiger partial charge in [0.2, 0.25) is 5.82 Å². The average Bonchev–Trinajstić information content (AvgIpc) is 3.19. The van der Waals surface area contributed by atoms with E-state index in [2.05, 4.69) is 35.1 Å². The molecule has 4 rings (SSSR count). The van der Waals surface area contributed by atoms with Crippen LogP contribution >= 0.6 is 0 Å². The Labute approximate surface area is 206 Å². The van der Waals surface area contributed by atoms with Gasteiger partial charge in [-0.05, 0) is 69.7 Å². The molecule has 1 fully saturated rings. The molecule has 0 spiro atoms. The molecule has 3 aromatic rings. The summed E-state index contributed by atoms with van der Waals surface area (Å²) in [5, 5.41) is 10.3. The van der Waals surface area contributed by atoms with Crippen molar-refractivity contribution in [1.29, 1.82) is 5.26 Å². The molecule has 0 saturated carbocycles. The van der Waals surface area contributed by atoms with Crippen molar-refractivity contribution in [3.8, 4) is 17.3 Å². The van der Waals surface area contributed by atoms with Crippen LogP contribution in [0.3, 0.4) is 0 Å². The molecule has 184 valence electrons. The van der Waals surface area contributed by atoms with Gasteiger partial charge in [-0.1, -0.05) is 12.1 Å². The van der Waals surface area contributed by atoms with Crippen LogP contribution < -0.4 is 0 Å². The number of carbonyl (C=O) groups excluding carboxylic acids is 1. The number of aryl methyl sites for hydroxylation is 2. The number of fused-ring (bicyclic) bond motifs is 1. The number of nitriles is 1. The number of hydrogen-bond donors (Lipinski definition) is 0. The number of nitrogens with zero attached hydrogens (tertiary/aromatic N) is 5. The molecule has 0 atom stereocenters. The van der Waals surface area contributed by atoms with E-state index in [0.717, 1.165) is 46.3 Å². The van der Waals surface area contributed by atoms with Crippen molar-refractivity contribution < 1.29 is 14.3 Å². The van der Waals surface area contributed by atoms with Gasteiger partial charge in [0.15, 0.2) is 0 Å². The summed E-state index contributed by atoms with van der Waals surface area (Å²) in [5.41, 5.74) is 4.23. The summed E-state index contributed by atoms with van der Waals surface area (Å²) in [6, 6.07) is 10.2. The molecule has 0 aliphatic carbocycles. The van der Waals surface area contributed by atoms with Gasteiger partial charge in [0.25, 0.3) is 0 Å². The first-order chi connectivity index (χ1) is 16.6. The van der Waals surface area contributed by atoms with Crippen molar-refractivity contribution in [3.63, 3.8) is 0 Å². The normalized spacial score (nSPS) is 14.8. The van der Waals surface area contributed by atoms with Crippen molar-refractivity contribution in [2.75, 3.05) is 19.7 Å². The standard InChI is InChI=1S/C27H33N5O3/c1-18-14-20(24-22-10-11-31(5)25(22)30-23(15-28)29-24)6-7-21(18)17-34-16-19-8-12-32(13-9-19)26(33)35-27(2,3)4/h6-7,10-11,14,19H,8-9,12-13,16-17H2,1-5H3. The van der Waals surface area contributed by atoms with Gasteiger partial charge in [-0.2, -0.15) is 5.26 Å². The number of piperidine rings is 1. The minimum absolute atomic E-state index is 0.164. The fraction of sp³-hybridized carbons (Fsp3) is 0.481. The molecule has 8 heteroatoms. The van der Waals surface area contributed by atoms with Crippen LogP contribution in [0.4, 0.5) is 4.79 Å². The number of benzene rings is 1. The molecule has 3 heterocycles. The average molecular weight is 476 g/mol. The van der Waals surface area contributed by atoms with Crippen molar-refractivity contribution in [3.05, 3.63) is 47.4 Å². The summed E-state index contributed by atoms with van der Waals surface area (Å²) in [6.45, 7) is 10.3. The van der Waals surface area contributed by atoms with E-state index in [0.29, 0.717) is 32.2 Å². The molecule has 1 saturated heterocycles. The van der Waals surface area contributed by atoms with Crippen LogP contribution in [-0.4, -0.2) is 50.8 Å². The first kappa shape index (κ1) is 24.7. The maximum atomic E-state index is 12.2. The topological polar surface area (TPSA) is 93.3 Å². The molecule has 1 aromatic carbocycles. The molecule has 35 heavy (non-hydrogen) atoms. The van der Waals surface area contributed by atoms with Crippen LogP contribution in [0.25, 0.3) is 22.3 Å². The third-order valence-electron chi connectivity index (χ3n) is 6.32. The number of carbonyl (C=O) groups is 1. The van der Waals surface area contributed by atoms with Gasteiger partial charge < -0.3 is 18.9 Å². The second-order valence-corrected chi connectivity index (χ2v) is 10.2. The molecule has 0 bridgehead atoms. The molecular weight excluding hydrogens is 442 g/mol. The van der Waals surface area contributed by atoms with Crippen molar-refractivity contribution in [2.24, 2.45) is 13.0 Å². The first-order valence-electron chi connectivity index (χ1n) is 12.0. The number of ether oxygens (including phenoxy) is 2. The second-order valence-electron chi connectivity index (χ2n) is 10.2. The number of aromatic nitrogens is 3. The molecule has 1 aliphatic heterocycles. The van der Waals surface area contributed by atoms with E-state index in [1.165, 1.54) is 0 Å². The Hall–Kier alpha value is -3.44. The predicted molar refractivity (Wildman–Crippen MR) is 134 cm³/mol. The molecule has 0 unspecified atom stereocenters. The second kappa shape index (κ2) is 10.0. The van der Waals surface area contributed by atoms with Crippen LogP contribution in [-0.2, 0) is 23.1 Å². The molecule has 2 aromatic heterocycles. The highest BCUT2D eigenvalue weighted by molar-refractivity contribution is 5.91. The number of hydrogen-bond acceptors (Lipinski definition) is 6. The lowest BCUT2D eigenvalue weighted by Gasteiger charge is -2.33. The third kappa shape index (κ3) is 5.80. The molecular formula is C27H33N5O3. The maximum Gasteiger partial charge on any atom is 0.410 e. The smallest absolute Gasteiger partial charge is 0.410 e. The minimum atomic E-state index is -0.469. The zero-order chi connectivity index (χ0) is 25.2. The summed E-state index contributed by atoms with van der Waals surface area (Å²) in [5.74, 6) is 0.599. The third-order valence-corrected chi connectivity index (χ3v) is 6.32. The lowest BCUT2D eigenvalue weighted by atomic mass is 9.98. The van der Waals surface area contributed by atoms with Crippen LogP contribution in [0.15, 0.2) is 30.5 Å². The van der Waals surface area contributed by atoms with Crippen LogP contribution in [0.2, 0.25) is 0 Å². The molecule has 1 aliphatic rings. The summed E-state index contributed by atoms with van der Waals surface area (Å²) >= 11 is 0. The van der Waals surface area contributed by atoms with Crippen LogP contribution in [0.1, 0.15) is 50.6 Å². The SMILES string of the molecule is Cc1cc(-c2nc(C#N)nc3c2ccn3C)ccc1COCC1CCN(C(=O)OC(C)(C)C)CC1. The lowest BCUT2D eigenvalue weighted by Crippen LogP contribution is -2.42. The quantitative estimate of drug-likeness (QED) is 0.517. The Bertz CT molecular complexity index is 1260. The van der Waals surface area contributed by atoms with E-state index in [9.17, 15) is 10.1 Å². The largest absolute Gasteiger partial charge is 0.444 e. The van der Waals surface area contributed by atoms with Gasteiger partial charge >= 0.3 is 6.09 Å². The highest BCUT2D eigenvalue weighted by atomic mass is 16.6. The Morgan fingerprint density at radius 1 is 1.20 bits per heavy atom. The predicted octanol–water partition coefficient (Wildman–Crippen LogP) is 4.98. The van der Waals surface area contributed by atoms with Crippen molar-refractivity contribution in [2.45, 2.75) is 52.7 Å². The van der Waals surface area contributed by atoms with Gasteiger partial charge in [-0.15, -0.1) is 0 Å². The zero-order valence-electron chi connectivity index (χ0n) is 21.2. The van der Waals surface area contributed by atoms with E-state index in [1.54, 1.807) is 4.90 Å².